The molecule has 0 radical (unpaired) electrons. The summed E-state index contributed by atoms with van der Waals surface area (Å²) in [5, 5.41) is 8.89. The number of imide groups is 1. The second kappa shape index (κ2) is 7.05. The fourth-order valence-corrected chi connectivity index (χ4v) is 3.89. The first-order valence-corrected chi connectivity index (χ1v) is 9.97. The Labute approximate surface area is 178 Å². The second-order valence-electron chi connectivity index (χ2n) is 7.89. The minimum absolute atomic E-state index is 0.0906. The highest BCUT2D eigenvalue weighted by molar-refractivity contribution is 6.07. The van der Waals surface area contributed by atoms with Gasteiger partial charge in [-0.2, -0.15) is 4.98 Å². The van der Waals surface area contributed by atoms with Crippen LogP contribution in [0, 0.1) is 6.92 Å². The molecule has 154 valence electrons. The Hall–Kier alpha value is -4.00. The van der Waals surface area contributed by atoms with Crippen molar-refractivity contribution in [2.24, 2.45) is 0 Å². The zero-order valence-electron chi connectivity index (χ0n) is 17.1. The number of benzene rings is 3. The Morgan fingerprint density at radius 2 is 1.81 bits per heavy atom. The Balaban J connectivity index is 1.41. The number of urea groups is 1. The van der Waals surface area contributed by atoms with Gasteiger partial charge in [0, 0.05) is 5.56 Å². The molecule has 0 bridgehead atoms. The summed E-state index contributed by atoms with van der Waals surface area (Å²) in [5.74, 6) is 0.258. The maximum atomic E-state index is 13.3. The van der Waals surface area contributed by atoms with Crippen LogP contribution in [-0.2, 0) is 16.9 Å². The molecule has 0 saturated carbocycles. The molecule has 2 heterocycles. The van der Waals surface area contributed by atoms with E-state index in [1.54, 1.807) is 6.92 Å². The van der Waals surface area contributed by atoms with Gasteiger partial charge in [-0.25, -0.2) is 4.79 Å². The molecule has 1 atom stereocenters. The SMILES string of the molecule is Cc1cccc(-c2noc(CN3C(=O)NC(C)(c4ccc5ccccc5c4)C3=O)n2)c1. The van der Waals surface area contributed by atoms with Crippen LogP contribution in [0.3, 0.4) is 0 Å². The van der Waals surface area contributed by atoms with Crippen LogP contribution in [0.2, 0.25) is 0 Å². The zero-order valence-corrected chi connectivity index (χ0v) is 17.1. The zero-order chi connectivity index (χ0) is 21.6. The summed E-state index contributed by atoms with van der Waals surface area (Å²) in [7, 11) is 0. The molecule has 1 saturated heterocycles. The maximum Gasteiger partial charge on any atom is 0.325 e. The summed E-state index contributed by atoms with van der Waals surface area (Å²) < 4.78 is 5.31. The Morgan fingerprint density at radius 1 is 1.00 bits per heavy atom. The number of hydrogen-bond acceptors (Lipinski definition) is 5. The van der Waals surface area contributed by atoms with Gasteiger partial charge in [-0.1, -0.05) is 65.3 Å². The molecule has 0 aliphatic carbocycles. The van der Waals surface area contributed by atoms with E-state index in [4.69, 9.17) is 4.52 Å². The highest BCUT2D eigenvalue weighted by atomic mass is 16.5. The standard InChI is InChI=1S/C24H20N4O3/c1-15-6-5-9-18(12-15)21-25-20(31-27-21)14-28-22(29)24(2,26-23(28)30)19-11-10-16-7-3-4-8-17(16)13-19/h3-13H,14H2,1-2H3,(H,26,30). The molecule has 1 aliphatic rings. The van der Waals surface area contributed by atoms with Crippen LogP contribution >= 0.6 is 0 Å². The van der Waals surface area contributed by atoms with Crippen molar-refractivity contribution < 1.29 is 14.1 Å². The molecule has 31 heavy (non-hydrogen) atoms. The Kier molecular flexibility index (Phi) is 4.32. The quantitative estimate of drug-likeness (QED) is 0.509. The minimum atomic E-state index is -1.17. The van der Waals surface area contributed by atoms with E-state index in [0.717, 1.165) is 32.4 Å². The number of carbonyl (C=O) groups is 2. The smallest absolute Gasteiger partial charge is 0.325 e. The lowest BCUT2D eigenvalue weighted by Gasteiger charge is -2.22. The number of hydrogen-bond donors (Lipinski definition) is 1. The first kappa shape index (κ1) is 19.0. The van der Waals surface area contributed by atoms with Crippen molar-refractivity contribution in [3.8, 4) is 11.4 Å². The van der Waals surface area contributed by atoms with Gasteiger partial charge in [0.2, 0.25) is 11.7 Å². The van der Waals surface area contributed by atoms with Crippen LogP contribution < -0.4 is 5.32 Å². The molecule has 1 fully saturated rings. The van der Waals surface area contributed by atoms with E-state index < -0.39 is 11.6 Å². The molecule has 1 unspecified atom stereocenters. The van der Waals surface area contributed by atoms with Crippen molar-refractivity contribution in [1.82, 2.24) is 20.4 Å². The Morgan fingerprint density at radius 3 is 2.61 bits per heavy atom. The molecular weight excluding hydrogens is 392 g/mol. The van der Waals surface area contributed by atoms with Gasteiger partial charge in [-0.15, -0.1) is 0 Å². The lowest BCUT2D eigenvalue weighted by Crippen LogP contribution is -2.40. The van der Waals surface area contributed by atoms with Gasteiger partial charge in [-0.3, -0.25) is 9.69 Å². The summed E-state index contributed by atoms with van der Waals surface area (Å²) in [4.78, 5) is 31.4. The molecule has 5 rings (SSSR count). The van der Waals surface area contributed by atoms with Crippen LogP contribution in [0.25, 0.3) is 22.2 Å². The predicted molar refractivity (Wildman–Crippen MR) is 115 cm³/mol. The van der Waals surface area contributed by atoms with Crippen molar-refractivity contribution >= 4 is 22.7 Å². The van der Waals surface area contributed by atoms with E-state index in [0.29, 0.717) is 5.82 Å². The summed E-state index contributed by atoms with van der Waals surface area (Å²) in [5.41, 5.74) is 1.44. The monoisotopic (exact) mass is 412 g/mol. The summed E-state index contributed by atoms with van der Waals surface area (Å²) in [6.07, 6.45) is 0. The molecule has 1 aromatic heterocycles. The van der Waals surface area contributed by atoms with E-state index >= 15 is 0 Å². The molecule has 0 spiro atoms. The van der Waals surface area contributed by atoms with Gasteiger partial charge in [0.1, 0.15) is 12.1 Å². The normalized spacial score (nSPS) is 18.6. The number of nitrogens with one attached hydrogen (secondary N) is 1. The lowest BCUT2D eigenvalue weighted by atomic mass is 9.90. The van der Waals surface area contributed by atoms with Crippen LogP contribution in [0.1, 0.15) is 23.9 Å². The van der Waals surface area contributed by atoms with Gasteiger partial charge in [0.05, 0.1) is 0 Å². The van der Waals surface area contributed by atoms with Crippen molar-refractivity contribution in [1.29, 1.82) is 0 Å². The topological polar surface area (TPSA) is 88.3 Å². The molecule has 1 aliphatic heterocycles. The highest BCUT2D eigenvalue weighted by Gasteiger charge is 2.49. The van der Waals surface area contributed by atoms with Gasteiger partial charge in [0.15, 0.2) is 0 Å². The maximum absolute atomic E-state index is 13.3. The fraction of sp³-hybridized carbons (Fsp3) is 0.167. The van der Waals surface area contributed by atoms with E-state index in [-0.39, 0.29) is 18.3 Å². The molecular formula is C24H20N4O3. The third-order valence-electron chi connectivity index (χ3n) is 5.64. The third-order valence-corrected chi connectivity index (χ3v) is 5.64. The average Bonchev–Trinajstić information content (AvgIpc) is 3.33. The third kappa shape index (κ3) is 3.24. The first-order valence-electron chi connectivity index (χ1n) is 9.97. The molecule has 3 amide bonds. The molecule has 1 N–H and O–H groups in total. The van der Waals surface area contributed by atoms with Crippen LogP contribution in [0.5, 0.6) is 0 Å². The number of aromatic nitrogens is 2. The van der Waals surface area contributed by atoms with E-state index in [2.05, 4.69) is 15.5 Å². The highest BCUT2D eigenvalue weighted by Crippen LogP contribution is 2.32. The summed E-state index contributed by atoms with van der Waals surface area (Å²) >= 11 is 0. The summed E-state index contributed by atoms with van der Waals surface area (Å²) in [6, 6.07) is 20.9. The van der Waals surface area contributed by atoms with Gasteiger partial charge in [0.25, 0.3) is 5.91 Å². The minimum Gasteiger partial charge on any atom is -0.337 e. The van der Waals surface area contributed by atoms with E-state index in [1.165, 1.54) is 0 Å². The largest absolute Gasteiger partial charge is 0.337 e. The number of amides is 3. The van der Waals surface area contributed by atoms with Crippen LogP contribution in [0.15, 0.2) is 71.3 Å². The number of carbonyl (C=O) groups excluding carboxylic acids is 2. The number of rotatable bonds is 4. The molecule has 7 nitrogen and oxygen atoms in total. The Bertz CT molecular complexity index is 1330. The predicted octanol–water partition coefficient (Wildman–Crippen LogP) is 4.17. The van der Waals surface area contributed by atoms with Gasteiger partial charge >= 0.3 is 6.03 Å². The van der Waals surface area contributed by atoms with Gasteiger partial charge < -0.3 is 9.84 Å². The van der Waals surface area contributed by atoms with Crippen molar-refractivity contribution in [2.75, 3.05) is 0 Å². The molecule has 4 aromatic rings. The molecule has 3 aromatic carbocycles. The van der Waals surface area contributed by atoms with Crippen LogP contribution in [0.4, 0.5) is 4.79 Å². The van der Waals surface area contributed by atoms with Crippen LogP contribution in [-0.4, -0.2) is 27.0 Å². The van der Waals surface area contributed by atoms with Crippen molar-refractivity contribution in [3.63, 3.8) is 0 Å². The first-order chi connectivity index (χ1) is 14.9. The number of fused-ring (bicyclic) bond motifs is 1. The molecule has 7 heteroatoms. The average molecular weight is 412 g/mol. The van der Waals surface area contributed by atoms with Gasteiger partial charge in [-0.05, 0) is 42.3 Å². The lowest BCUT2D eigenvalue weighted by molar-refractivity contribution is -0.131. The van der Waals surface area contributed by atoms with Crippen molar-refractivity contribution in [2.45, 2.75) is 25.9 Å². The number of aryl methyl sites for hydroxylation is 1. The van der Waals surface area contributed by atoms with Crippen molar-refractivity contribution in [3.05, 3.63) is 83.7 Å². The summed E-state index contributed by atoms with van der Waals surface area (Å²) in [6.45, 7) is 3.60. The fourth-order valence-electron chi connectivity index (χ4n) is 3.89. The van der Waals surface area contributed by atoms with E-state index in [9.17, 15) is 9.59 Å². The van der Waals surface area contributed by atoms with E-state index in [1.807, 2.05) is 73.7 Å². The number of nitrogens with zero attached hydrogens (tertiary/aromatic N) is 3. The second-order valence-corrected chi connectivity index (χ2v) is 7.89.